The van der Waals surface area contributed by atoms with Gasteiger partial charge >= 0.3 is 0 Å². The fourth-order valence-electron chi connectivity index (χ4n) is 2.69. The number of hydrogen-bond acceptors (Lipinski definition) is 2. The van der Waals surface area contributed by atoms with Crippen LogP contribution in [0.3, 0.4) is 0 Å². The minimum absolute atomic E-state index is 0.750. The zero-order valence-corrected chi connectivity index (χ0v) is 15.6. The molecule has 0 heterocycles. The summed E-state index contributed by atoms with van der Waals surface area (Å²) in [5.41, 5.74) is 5.48. The smallest absolute Gasteiger partial charge is 0.116 e. The van der Waals surface area contributed by atoms with E-state index in [4.69, 9.17) is 10.5 Å². The molecular weight excluding hydrogens is 270 g/mol. The van der Waals surface area contributed by atoms with Crippen LogP contribution in [0.5, 0.6) is 0 Å². The molecule has 0 spiro atoms. The van der Waals surface area contributed by atoms with Gasteiger partial charge in [-0.1, -0.05) is 103 Å². The Balaban J connectivity index is 0. The number of carbonyl (C=O) groups is 1. The number of nitrogens with two attached hydrogens (primary N) is 1. The zero-order chi connectivity index (χ0) is 16.7. The quantitative estimate of drug-likeness (QED) is 0.264. The van der Waals surface area contributed by atoms with E-state index >= 15 is 0 Å². The Hall–Kier alpha value is -0.370. The number of unbranched alkanes of at least 4 members (excludes halogenated alkanes) is 15. The van der Waals surface area contributed by atoms with E-state index in [9.17, 15) is 0 Å². The molecule has 0 amide bonds. The van der Waals surface area contributed by atoms with E-state index < -0.39 is 0 Å². The maximum absolute atomic E-state index is 8.81. The standard InChI is InChI=1S/C18H39N.C2H4O/c1-2-3-4-5-6-7-8-9-10-11-12-13-14-15-16-17-18-19;1-2-3/h2-19H2,1H3;2H,1H3. The van der Waals surface area contributed by atoms with E-state index in [1.807, 2.05) is 0 Å². The monoisotopic (exact) mass is 313 g/mol. The third-order valence-corrected chi connectivity index (χ3v) is 4.06. The Morgan fingerprint density at radius 3 is 1.05 bits per heavy atom. The van der Waals surface area contributed by atoms with E-state index in [2.05, 4.69) is 6.92 Å². The van der Waals surface area contributed by atoms with Crippen molar-refractivity contribution >= 4 is 6.29 Å². The fourth-order valence-corrected chi connectivity index (χ4v) is 2.69. The van der Waals surface area contributed by atoms with Gasteiger partial charge in [-0.15, -0.1) is 0 Å². The van der Waals surface area contributed by atoms with Crippen molar-refractivity contribution in [2.24, 2.45) is 5.73 Å². The minimum atomic E-state index is 0.750. The second-order valence-electron chi connectivity index (χ2n) is 6.33. The zero-order valence-electron chi connectivity index (χ0n) is 15.6. The molecule has 0 rings (SSSR count). The lowest BCUT2D eigenvalue weighted by Gasteiger charge is -2.03. The van der Waals surface area contributed by atoms with Crippen molar-refractivity contribution in [1.29, 1.82) is 0 Å². The highest BCUT2D eigenvalue weighted by molar-refractivity contribution is 5.44. The van der Waals surface area contributed by atoms with Crippen molar-refractivity contribution in [3.63, 3.8) is 0 Å². The molecule has 0 unspecified atom stereocenters. The number of hydrogen-bond donors (Lipinski definition) is 1. The van der Waals surface area contributed by atoms with Crippen LogP contribution in [0.15, 0.2) is 0 Å². The first-order valence-electron chi connectivity index (χ1n) is 9.93. The maximum atomic E-state index is 8.81. The molecule has 0 aromatic rings. The summed E-state index contributed by atoms with van der Waals surface area (Å²) < 4.78 is 0. The summed E-state index contributed by atoms with van der Waals surface area (Å²) in [6.45, 7) is 4.61. The lowest BCUT2D eigenvalue weighted by molar-refractivity contribution is -0.106. The lowest BCUT2D eigenvalue weighted by atomic mass is 10.0. The minimum Gasteiger partial charge on any atom is -0.330 e. The first-order chi connectivity index (χ1) is 10.8. The van der Waals surface area contributed by atoms with Crippen molar-refractivity contribution in [2.45, 2.75) is 117 Å². The summed E-state index contributed by atoms with van der Waals surface area (Å²) in [6.07, 6.45) is 23.6. The Bertz CT molecular complexity index is 167. The summed E-state index contributed by atoms with van der Waals surface area (Å²) in [7, 11) is 0. The number of aldehydes is 1. The first-order valence-corrected chi connectivity index (χ1v) is 9.93. The van der Waals surface area contributed by atoms with E-state index in [-0.39, 0.29) is 0 Å². The van der Waals surface area contributed by atoms with Crippen LogP contribution in [-0.2, 0) is 4.79 Å². The van der Waals surface area contributed by atoms with Gasteiger partial charge in [0, 0.05) is 0 Å². The molecule has 0 radical (unpaired) electrons. The summed E-state index contributed by atoms with van der Waals surface area (Å²) in [5, 5.41) is 0. The Kier molecular flexibility index (Phi) is 27.8. The highest BCUT2D eigenvalue weighted by Crippen LogP contribution is 2.13. The Labute approximate surface area is 140 Å². The van der Waals surface area contributed by atoms with Crippen LogP contribution in [0.2, 0.25) is 0 Å². The molecule has 0 atom stereocenters. The van der Waals surface area contributed by atoms with Crippen molar-refractivity contribution in [2.75, 3.05) is 6.54 Å². The average molecular weight is 314 g/mol. The lowest BCUT2D eigenvalue weighted by Crippen LogP contribution is -1.97. The van der Waals surface area contributed by atoms with Gasteiger partial charge in [-0.2, -0.15) is 0 Å². The topological polar surface area (TPSA) is 43.1 Å². The predicted molar refractivity (Wildman–Crippen MR) is 100 cm³/mol. The Morgan fingerprint density at radius 1 is 0.591 bits per heavy atom. The van der Waals surface area contributed by atoms with E-state index in [1.54, 1.807) is 0 Å². The van der Waals surface area contributed by atoms with Gasteiger partial charge in [0.1, 0.15) is 6.29 Å². The predicted octanol–water partition coefficient (Wildman–Crippen LogP) is 6.41. The van der Waals surface area contributed by atoms with Gasteiger partial charge in [0.25, 0.3) is 0 Å². The van der Waals surface area contributed by atoms with Crippen molar-refractivity contribution in [3.05, 3.63) is 0 Å². The second-order valence-corrected chi connectivity index (χ2v) is 6.33. The second kappa shape index (κ2) is 25.6. The molecule has 134 valence electrons. The fraction of sp³-hybridized carbons (Fsp3) is 0.950. The first kappa shape index (κ1) is 23.9. The summed E-state index contributed by atoms with van der Waals surface area (Å²) in [5.74, 6) is 0. The van der Waals surface area contributed by atoms with Gasteiger partial charge in [0.2, 0.25) is 0 Å². The molecular formula is C20H43NO. The average Bonchev–Trinajstić information content (AvgIpc) is 2.52. The van der Waals surface area contributed by atoms with Gasteiger partial charge in [-0.05, 0) is 19.9 Å². The van der Waals surface area contributed by atoms with Crippen LogP contribution in [0.1, 0.15) is 117 Å². The van der Waals surface area contributed by atoms with Gasteiger partial charge in [0.05, 0.1) is 0 Å². The van der Waals surface area contributed by atoms with Gasteiger partial charge in [-0.3, -0.25) is 0 Å². The summed E-state index contributed by atoms with van der Waals surface area (Å²) in [4.78, 5) is 8.81. The molecule has 2 heteroatoms. The molecule has 0 aliphatic heterocycles. The van der Waals surface area contributed by atoms with Gasteiger partial charge in [0.15, 0.2) is 0 Å². The van der Waals surface area contributed by atoms with E-state index in [0.29, 0.717) is 0 Å². The molecule has 22 heavy (non-hydrogen) atoms. The van der Waals surface area contributed by atoms with Crippen LogP contribution in [-0.4, -0.2) is 12.8 Å². The van der Waals surface area contributed by atoms with Crippen molar-refractivity contribution in [1.82, 2.24) is 0 Å². The Morgan fingerprint density at radius 2 is 0.818 bits per heavy atom. The summed E-state index contributed by atoms with van der Waals surface area (Å²) >= 11 is 0. The third kappa shape index (κ3) is 27.9. The maximum Gasteiger partial charge on any atom is 0.116 e. The molecule has 2 N–H and O–H groups in total. The van der Waals surface area contributed by atoms with E-state index in [0.717, 1.165) is 12.8 Å². The highest BCUT2D eigenvalue weighted by Gasteiger charge is 1.94. The molecule has 0 bridgehead atoms. The molecule has 0 saturated heterocycles. The normalized spacial score (nSPS) is 10.1. The van der Waals surface area contributed by atoms with Crippen molar-refractivity contribution in [3.8, 4) is 0 Å². The van der Waals surface area contributed by atoms with Crippen LogP contribution < -0.4 is 5.73 Å². The van der Waals surface area contributed by atoms with Gasteiger partial charge < -0.3 is 10.5 Å². The van der Waals surface area contributed by atoms with Crippen LogP contribution >= 0.6 is 0 Å². The third-order valence-electron chi connectivity index (χ3n) is 4.06. The highest BCUT2D eigenvalue weighted by atomic mass is 16.1. The van der Waals surface area contributed by atoms with Crippen LogP contribution in [0, 0.1) is 0 Å². The molecule has 2 nitrogen and oxygen atoms in total. The van der Waals surface area contributed by atoms with Crippen LogP contribution in [0.25, 0.3) is 0 Å². The van der Waals surface area contributed by atoms with Gasteiger partial charge in [-0.25, -0.2) is 0 Å². The molecule has 0 fully saturated rings. The molecule has 0 aromatic heterocycles. The SMILES string of the molecule is CC=O.CCCCCCCCCCCCCCCCCCN. The number of carbonyl (C=O) groups excluding carboxylic acids is 1. The van der Waals surface area contributed by atoms with Crippen LogP contribution in [0.4, 0.5) is 0 Å². The molecule has 0 aromatic carbocycles. The largest absolute Gasteiger partial charge is 0.330 e. The molecule has 0 saturated carbocycles. The molecule has 0 aliphatic carbocycles. The molecule has 0 aliphatic rings. The van der Waals surface area contributed by atoms with Crippen molar-refractivity contribution < 1.29 is 4.79 Å². The summed E-state index contributed by atoms with van der Waals surface area (Å²) in [6, 6.07) is 0. The number of rotatable bonds is 16. The van der Waals surface area contributed by atoms with E-state index in [1.165, 1.54) is 110 Å².